The lowest BCUT2D eigenvalue weighted by Crippen LogP contribution is -2.54. The molecule has 0 saturated carbocycles. The van der Waals surface area contributed by atoms with E-state index in [1.54, 1.807) is 0 Å². The lowest BCUT2D eigenvalue weighted by atomic mass is 10.1. The Morgan fingerprint density at radius 1 is 0.643 bits per heavy atom. The van der Waals surface area contributed by atoms with Gasteiger partial charge < -0.3 is 14.2 Å². The molecule has 0 N–H and O–H groups in total. The van der Waals surface area contributed by atoms with Gasteiger partial charge in [0.05, 0.1) is 26.4 Å². The molecule has 0 aliphatic rings. The van der Waals surface area contributed by atoms with Gasteiger partial charge in [0, 0.05) is 6.54 Å². The van der Waals surface area contributed by atoms with Crippen LogP contribution in [-0.2, 0) is 23.8 Å². The van der Waals surface area contributed by atoms with Crippen molar-refractivity contribution in [3.63, 3.8) is 0 Å². The van der Waals surface area contributed by atoms with Crippen molar-refractivity contribution in [1.82, 2.24) is 5.06 Å². The fourth-order valence-corrected chi connectivity index (χ4v) is 3.16. The highest BCUT2D eigenvalue weighted by molar-refractivity contribution is 5.81. The Labute approximate surface area is 173 Å². The lowest BCUT2D eigenvalue weighted by Gasteiger charge is -2.34. The average Bonchev–Trinajstić information content (AvgIpc) is 2.68. The van der Waals surface area contributed by atoms with Gasteiger partial charge in [-0.3, -0.25) is 9.63 Å². The Hall–Kier alpha value is -0.690. The van der Waals surface area contributed by atoms with E-state index in [1.807, 2.05) is 27.7 Å². The maximum absolute atomic E-state index is 13.0. The predicted molar refractivity (Wildman–Crippen MR) is 113 cm³/mol. The van der Waals surface area contributed by atoms with Crippen LogP contribution in [0.15, 0.2) is 0 Å². The van der Waals surface area contributed by atoms with Gasteiger partial charge in [0.25, 0.3) is 0 Å². The van der Waals surface area contributed by atoms with E-state index in [0.29, 0.717) is 33.0 Å². The number of hydrogen-bond donors (Lipinski definition) is 0. The second kappa shape index (κ2) is 18.3. The summed E-state index contributed by atoms with van der Waals surface area (Å²) >= 11 is 0. The first-order valence-corrected chi connectivity index (χ1v) is 11.5. The van der Waals surface area contributed by atoms with Crippen LogP contribution in [0.5, 0.6) is 0 Å². The summed E-state index contributed by atoms with van der Waals surface area (Å²) in [6, 6.07) is 0. The number of carbonyl (C=O) groups excluding carboxylic acids is 1. The Kier molecular flexibility index (Phi) is 17.9. The van der Waals surface area contributed by atoms with Crippen molar-refractivity contribution >= 4 is 5.91 Å². The molecule has 0 aliphatic carbocycles. The fourth-order valence-electron chi connectivity index (χ4n) is 3.16. The van der Waals surface area contributed by atoms with Gasteiger partial charge in [0.2, 0.25) is 0 Å². The second-order valence-corrected chi connectivity index (χ2v) is 6.86. The Bertz CT molecular complexity index is 348. The number of hydrogen-bond acceptors (Lipinski definition) is 5. The molecule has 0 aromatic rings. The molecule has 0 heterocycles. The molecule has 1 amide bonds. The zero-order valence-electron chi connectivity index (χ0n) is 19.1. The van der Waals surface area contributed by atoms with Crippen molar-refractivity contribution in [1.29, 1.82) is 0 Å². The molecule has 0 atom stereocenters. The van der Waals surface area contributed by atoms with Crippen molar-refractivity contribution in [2.45, 2.75) is 105 Å². The van der Waals surface area contributed by atoms with E-state index < -0.39 is 11.9 Å². The standard InChI is InChI=1S/C22H45NO5/c1-6-11-12-13-14-15-16-17-18-19-20-23(28-10-5)21(24)22(25-7-2,26-8-3)27-9-4/h6-20H2,1-5H3. The van der Waals surface area contributed by atoms with E-state index in [1.165, 1.54) is 56.4 Å². The van der Waals surface area contributed by atoms with Gasteiger partial charge in [-0.2, -0.15) is 0 Å². The first-order chi connectivity index (χ1) is 13.6. The molecule has 0 saturated heterocycles. The van der Waals surface area contributed by atoms with Crippen molar-refractivity contribution in [3.8, 4) is 0 Å². The molecule has 0 aliphatic heterocycles. The Morgan fingerprint density at radius 3 is 1.46 bits per heavy atom. The Morgan fingerprint density at radius 2 is 1.07 bits per heavy atom. The summed E-state index contributed by atoms with van der Waals surface area (Å²) in [7, 11) is 0. The van der Waals surface area contributed by atoms with Gasteiger partial charge in [0.15, 0.2) is 0 Å². The zero-order valence-corrected chi connectivity index (χ0v) is 19.1. The van der Waals surface area contributed by atoms with Crippen molar-refractivity contribution < 1.29 is 23.8 Å². The topological polar surface area (TPSA) is 57.2 Å². The summed E-state index contributed by atoms with van der Waals surface area (Å²) in [6.07, 6.45) is 12.4. The van der Waals surface area contributed by atoms with Crippen molar-refractivity contribution in [3.05, 3.63) is 0 Å². The molecule has 6 heteroatoms. The van der Waals surface area contributed by atoms with Crippen LogP contribution in [0, 0.1) is 0 Å². The van der Waals surface area contributed by atoms with E-state index >= 15 is 0 Å². The molecule has 0 spiro atoms. The quantitative estimate of drug-likeness (QED) is 0.154. The second-order valence-electron chi connectivity index (χ2n) is 6.86. The Balaban J connectivity index is 4.41. The smallest absolute Gasteiger partial charge is 0.320 e. The minimum atomic E-state index is -1.72. The SMILES string of the molecule is CCCCCCCCCCCCN(OCC)C(=O)C(OCC)(OCC)OCC. The molecule has 0 bridgehead atoms. The predicted octanol–water partition coefficient (Wildman–Crippen LogP) is 5.45. The van der Waals surface area contributed by atoms with Gasteiger partial charge in [-0.05, 0) is 34.1 Å². The molecule has 168 valence electrons. The highest BCUT2D eigenvalue weighted by atomic mass is 16.9. The van der Waals surface area contributed by atoms with Crippen LogP contribution in [-0.4, -0.2) is 49.9 Å². The van der Waals surface area contributed by atoms with E-state index in [9.17, 15) is 4.79 Å². The molecule has 6 nitrogen and oxygen atoms in total. The van der Waals surface area contributed by atoms with Crippen LogP contribution in [0.1, 0.15) is 98.8 Å². The number of rotatable bonds is 20. The van der Waals surface area contributed by atoms with Crippen molar-refractivity contribution in [2.24, 2.45) is 0 Å². The van der Waals surface area contributed by atoms with Crippen LogP contribution in [0.25, 0.3) is 0 Å². The first-order valence-electron chi connectivity index (χ1n) is 11.5. The molecule has 0 aromatic heterocycles. The average molecular weight is 404 g/mol. The van der Waals surface area contributed by atoms with Gasteiger partial charge >= 0.3 is 11.9 Å². The number of hydroxylamine groups is 2. The summed E-state index contributed by atoms with van der Waals surface area (Å²) < 4.78 is 16.8. The van der Waals surface area contributed by atoms with Gasteiger partial charge in [-0.25, -0.2) is 5.06 Å². The van der Waals surface area contributed by atoms with E-state index in [-0.39, 0.29) is 0 Å². The van der Waals surface area contributed by atoms with E-state index in [4.69, 9.17) is 19.0 Å². The molecule has 0 fully saturated rings. The van der Waals surface area contributed by atoms with E-state index in [2.05, 4.69) is 6.92 Å². The lowest BCUT2D eigenvalue weighted by molar-refractivity contribution is -0.364. The minimum absolute atomic E-state index is 0.309. The summed E-state index contributed by atoms with van der Waals surface area (Å²) in [5, 5.41) is 1.35. The molecular formula is C22H45NO5. The summed E-state index contributed by atoms with van der Waals surface area (Å²) in [5.41, 5.74) is 0. The fraction of sp³-hybridized carbons (Fsp3) is 0.955. The zero-order chi connectivity index (χ0) is 21.1. The third-order valence-corrected chi connectivity index (χ3v) is 4.49. The molecule has 0 rings (SSSR count). The number of ether oxygens (including phenoxy) is 3. The monoisotopic (exact) mass is 403 g/mol. The van der Waals surface area contributed by atoms with Gasteiger partial charge in [-0.15, -0.1) is 0 Å². The van der Waals surface area contributed by atoms with Gasteiger partial charge in [0.1, 0.15) is 0 Å². The van der Waals surface area contributed by atoms with E-state index in [0.717, 1.165) is 12.8 Å². The van der Waals surface area contributed by atoms with Crippen LogP contribution in [0.2, 0.25) is 0 Å². The van der Waals surface area contributed by atoms with Crippen LogP contribution in [0.4, 0.5) is 0 Å². The van der Waals surface area contributed by atoms with Crippen LogP contribution < -0.4 is 0 Å². The third-order valence-electron chi connectivity index (χ3n) is 4.49. The number of carbonyl (C=O) groups is 1. The highest BCUT2D eigenvalue weighted by Crippen LogP contribution is 2.21. The molecule has 0 aromatic carbocycles. The third kappa shape index (κ3) is 11.3. The first kappa shape index (κ1) is 27.3. The van der Waals surface area contributed by atoms with Crippen LogP contribution in [0.3, 0.4) is 0 Å². The summed E-state index contributed by atoms with van der Waals surface area (Å²) in [4.78, 5) is 18.6. The number of unbranched alkanes of at least 4 members (excludes halogenated alkanes) is 9. The molecule has 0 radical (unpaired) electrons. The normalized spacial score (nSPS) is 11.8. The minimum Gasteiger partial charge on any atom is -0.320 e. The summed E-state index contributed by atoms with van der Waals surface area (Å²) in [5.74, 6) is -2.14. The largest absolute Gasteiger partial charge is 0.370 e. The number of nitrogens with zero attached hydrogens (tertiary/aromatic N) is 1. The van der Waals surface area contributed by atoms with Crippen LogP contribution >= 0.6 is 0 Å². The number of amides is 1. The molecule has 0 unspecified atom stereocenters. The van der Waals surface area contributed by atoms with Crippen molar-refractivity contribution in [2.75, 3.05) is 33.0 Å². The molecular weight excluding hydrogens is 358 g/mol. The maximum atomic E-state index is 13.0. The summed E-state index contributed by atoms with van der Waals surface area (Å²) in [6.45, 7) is 11.4. The maximum Gasteiger partial charge on any atom is 0.370 e. The highest BCUT2D eigenvalue weighted by Gasteiger charge is 2.45. The molecule has 28 heavy (non-hydrogen) atoms. The van der Waals surface area contributed by atoms with Gasteiger partial charge in [-0.1, -0.05) is 64.7 Å².